The maximum atomic E-state index is 14.0. The summed E-state index contributed by atoms with van der Waals surface area (Å²) in [6.07, 6.45) is 0.926. The molecule has 8 heteroatoms. The van der Waals surface area contributed by atoms with Gasteiger partial charge in [-0.15, -0.1) is 0 Å². The second-order valence-electron chi connectivity index (χ2n) is 5.97. The first kappa shape index (κ1) is 19.5. The molecule has 0 aliphatic heterocycles. The van der Waals surface area contributed by atoms with Gasteiger partial charge in [0.15, 0.2) is 0 Å². The van der Waals surface area contributed by atoms with Crippen molar-refractivity contribution in [1.82, 2.24) is 5.32 Å². The molecule has 0 amide bonds. The van der Waals surface area contributed by atoms with Crippen molar-refractivity contribution in [2.75, 3.05) is 19.4 Å². The quantitative estimate of drug-likeness (QED) is 0.460. The third-order valence-corrected chi connectivity index (χ3v) is 3.20. The minimum atomic E-state index is -3.57. The Kier molecular flexibility index (Phi) is 6.67. The van der Waals surface area contributed by atoms with Gasteiger partial charge in [0.2, 0.25) is 0 Å². The summed E-state index contributed by atoms with van der Waals surface area (Å²) in [6.45, 7) is 4.97. The second-order valence-corrected chi connectivity index (χ2v) is 7.61. The molecule has 1 N–H and O–H groups in total. The van der Waals surface area contributed by atoms with E-state index in [0.717, 1.165) is 6.26 Å². The van der Waals surface area contributed by atoms with Crippen molar-refractivity contribution in [3.63, 3.8) is 0 Å². The molecule has 1 rings (SSSR count). The lowest BCUT2D eigenvalue weighted by molar-refractivity contribution is -0.157. The van der Waals surface area contributed by atoms with Gasteiger partial charge >= 0.3 is 5.97 Å². The molecule has 23 heavy (non-hydrogen) atoms. The summed E-state index contributed by atoms with van der Waals surface area (Å²) >= 11 is 0. The largest absolute Gasteiger partial charge is 0.459 e. The minimum absolute atomic E-state index is 0.0330. The Hall–Kier alpha value is -1.51. The SMILES string of the molecule is CC(C)(C)OC(=O)C(NCCOS(C)(=O)=O)c1ccccc1F. The molecule has 0 saturated heterocycles. The van der Waals surface area contributed by atoms with Crippen LogP contribution in [0.3, 0.4) is 0 Å². The average molecular weight is 347 g/mol. The first-order valence-electron chi connectivity index (χ1n) is 7.05. The average Bonchev–Trinajstić information content (AvgIpc) is 2.36. The Morgan fingerprint density at radius 2 is 1.91 bits per heavy atom. The van der Waals surface area contributed by atoms with Gasteiger partial charge in [-0.3, -0.25) is 9.50 Å². The molecule has 0 saturated carbocycles. The number of halogens is 1. The summed E-state index contributed by atoms with van der Waals surface area (Å²) in [5, 5.41) is 2.77. The maximum absolute atomic E-state index is 14.0. The van der Waals surface area contributed by atoms with Crippen molar-refractivity contribution in [2.45, 2.75) is 32.4 Å². The zero-order valence-electron chi connectivity index (χ0n) is 13.6. The van der Waals surface area contributed by atoms with Crippen molar-refractivity contribution in [3.05, 3.63) is 35.6 Å². The molecular formula is C15H22FNO5S. The van der Waals surface area contributed by atoms with E-state index in [1.807, 2.05) is 0 Å². The van der Waals surface area contributed by atoms with Crippen LogP contribution < -0.4 is 5.32 Å². The predicted molar refractivity (Wildman–Crippen MR) is 83.8 cm³/mol. The molecule has 1 aromatic rings. The number of nitrogens with one attached hydrogen (secondary N) is 1. The van der Waals surface area contributed by atoms with E-state index in [9.17, 15) is 17.6 Å². The molecule has 0 aliphatic rings. The van der Waals surface area contributed by atoms with Crippen molar-refractivity contribution in [2.24, 2.45) is 0 Å². The van der Waals surface area contributed by atoms with E-state index in [0.29, 0.717) is 0 Å². The smallest absolute Gasteiger partial charge is 0.328 e. The molecule has 130 valence electrons. The third-order valence-electron chi connectivity index (χ3n) is 2.61. The van der Waals surface area contributed by atoms with E-state index in [2.05, 4.69) is 9.50 Å². The number of carbonyl (C=O) groups excluding carboxylic acids is 1. The van der Waals surface area contributed by atoms with Crippen LogP contribution in [0.5, 0.6) is 0 Å². The van der Waals surface area contributed by atoms with Crippen molar-refractivity contribution in [3.8, 4) is 0 Å². The number of ether oxygens (including phenoxy) is 1. The van der Waals surface area contributed by atoms with Crippen molar-refractivity contribution < 1.29 is 26.5 Å². The number of carbonyl (C=O) groups is 1. The first-order chi connectivity index (χ1) is 10.5. The normalized spacial score (nSPS) is 13.6. The summed E-state index contributed by atoms with van der Waals surface area (Å²) < 4.78 is 45.7. The first-order valence-corrected chi connectivity index (χ1v) is 8.86. The van der Waals surface area contributed by atoms with E-state index in [-0.39, 0.29) is 18.7 Å². The van der Waals surface area contributed by atoms with Gasteiger partial charge in [-0.2, -0.15) is 8.42 Å². The highest BCUT2D eigenvalue weighted by Gasteiger charge is 2.28. The molecule has 1 atom stereocenters. The zero-order valence-corrected chi connectivity index (χ0v) is 14.4. The van der Waals surface area contributed by atoms with Crippen LogP contribution in [-0.2, 0) is 23.8 Å². The molecule has 0 aromatic heterocycles. The van der Waals surface area contributed by atoms with E-state index < -0.39 is 33.5 Å². The third kappa shape index (κ3) is 7.54. The highest BCUT2D eigenvalue weighted by molar-refractivity contribution is 7.85. The van der Waals surface area contributed by atoms with Crippen LogP contribution >= 0.6 is 0 Å². The molecule has 0 bridgehead atoms. The summed E-state index contributed by atoms with van der Waals surface area (Å²) in [6, 6.07) is 4.76. The minimum Gasteiger partial charge on any atom is -0.459 e. The fraction of sp³-hybridized carbons (Fsp3) is 0.533. The highest BCUT2D eigenvalue weighted by Crippen LogP contribution is 2.21. The maximum Gasteiger partial charge on any atom is 0.328 e. The van der Waals surface area contributed by atoms with Crippen LogP contribution in [0, 0.1) is 5.82 Å². The summed E-state index contributed by atoms with van der Waals surface area (Å²) in [5.74, 6) is -1.21. The van der Waals surface area contributed by atoms with Gasteiger partial charge in [-0.25, -0.2) is 9.18 Å². The van der Waals surface area contributed by atoms with Crippen LogP contribution in [-0.4, -0.2) is 39.4 Å². The number of hydrogen-bond acceptors (Lipinski definition) is 6. The van der Waals surface area contributed by atoms with Gasteiger partial charge in [0.25, 0.3) is 10.1 Å². The molecule has 0 fully saturated rings. The Balaban J connectivity index is 2.85. The molecule has 6 nitrogen and oxygen atoms in total. The number of esters is 1. The molecule has 0 aliphatic carbocycles. The van der Waals surface area contributed by atoms with Gasteiger partial charge in [-0.1, -0.05) is 18.2 Å². The van der Waals surface area contributed by atoms with Gasteiger partial charge < -0.3 is 4.74 Å². The van der Waals surface area contributed by atoms with E-state index >= 15 is 0 Å². The lowest BCUT2D eigenvalue weighted by Gasteiger charge is -2.25. The molecule has 1 aromatic carbocycles. The van der Waals surface area contributed by atoms with Crippen molar-refractivity contribution >= 4 is 16.1 Å². The summed E-state index contributed by atoms with van der Waals surface area (Å²) in [7, 11) is -3.57. The summed E-state index contributed by atoms with van der Waals surface area (Å²) in [4.78, 5) is 12.3. The molecule has 0 radical (unpaired) electrons. The monoisotopic (exact) mass is 347 g/mol. The fourth-order valence-electron chi connectivity index (χ4n) is 1.79. The van der Waals surface area contributed by atoms with Crippen LogP contribution in [0.2, 0.25) is 0 Å². The number of hydrogen-bond donors (Lipinski definition) is 1. The topological polar surface area (TPSA) is 81.7 Å². The van der Waals surface area contributed by atoms with Gasteiger partial charge in [0.05, 0.1) is 12.9 Å². The Bertz CT molecular complexity index is 640. The van der Waals surface area contributed by atoms with E-state index in [1.165, 1.54) is 18.2 Å². The second kappa shape index (κ2) is 7.85. The summed E-state index contributed by atoms with van der Waals surface area (Å²) in [5.41, 5.74) is -0.605. The van der Waals surface area contributed by atoms with Gasteiger partial charge in [0.1, 0.15) is 17.5 Å². The molecule has 0 heterocycles. The lowest BCUT2D eigenvalue weighted by atomic mass is 10.1. The Labute approximate surface area is 136 Å². The predicted octanol–water partition coefficient (Wildman–Crippen LogP) is 1.77. The van der Waals surface area contributed by atoms with E-state index in [4.69, 9.17) is 4.74 Å². The molecule has 1 unspecified atom stereocenters. The van der Waals surface area contributed by atoms with Crippen LogP contribution in [0.15, 0.2) is 24.3 Å². The van der Waals surface area contributed by atoms with Crippen molar-refractivity contribution in [1.29, 1.82) is 0 Å². The Morgan fingerprint density at radius 3 is 2.43 bits per heavy atom. The number of rotatable bonds is 7. The van der Waals surface area contributed by atoms with Crippen LogP contribution in [0.4, 0.5) is 4.39 Å². The Morgan fingerprint density at radius 1 is 1.30 bits per heavy atom. The van der Waals surface area contributed by atoms with E-state index in [1.54, 1.807) is 26.8 Å². The molecular weight excluding hydrogens is 325 g/mol. The highest BCUT2D eigenvalue weighted by atomic mass is 32.2. The van der Waals surface area contributed by atoms with Gasteiger partial charge in [0, 0.05) is 12.1 Å². The van der Waals surface area contributed by atoms with Crippen LogP contribution in [0.1, 0.15) is 32.4 Å². The fourth-order valence-corrected chi connectivity index (χ4v) is 2.17. The standard InChI is InChI=1S/C15H22FNO5S/c1-15(2,3)22-14(18)13(11-7-5-6-8-12(11)16)17-9-10-21-23(4,19)20/h5-8,13,17H,9-10H2,1-4H3. The number of benzene rings is 1. The van der Waals surface area contributed by atoms with Crippen LogP contribution in [0.25, 0.3) is 0 Å². The van der Waals surface area contributed by atoms with Gasteiger partial charge in [-0.05, 0) is 26.8 Å². The zero-order chi connectivity index (χ0) is 17.7. The molecule has 0 spiro atoms. The lowest BCUT2D eigenvalue weighted by Crippen LogP contribution is -2.37.